The Hall–Kier alpha value is -2.41. The first kappa shape index (κ1) is 11.4. The van der Waals surface area contributed by atoms with Gasteiger partial charge in [-0.2, -0.15) is 5.10 Å². The van der Waals surface area contributed by atoms with Crippen LogP contribution in [0.1, 0.15) is 0 Å². The quantitative estimate of drug-likeness (QED) is 0.751. The highest BCUT2D eigenvalue weighted by Gasteiger charge is 2.15. The van der Waals surface area contributed by atoms with Gasteiger partial charge in [-0.15, -0.1) is 5.10 Å². The molecule has 3 aromatic heterocycles. The Morgan fingerprint density at radius 2 is 2.05 bits per heavy atom. The lowest BCUT2D eigenvalue weighted by Gasteiger charge is -2.27. The molecule has 0 bridgehead atoms. The highest BCUT2D eigenvalue weighted by Crippen LogP contribution is 2.20. The molecule has 0 spiro atoms. The summed E-state index contributed by atoms with van der Waals surface area (Å²) in [6.07, 6.45) is 5.43. The van der Waals surface area contributed by atoms with Crippen molar-refractivity contribution >= 4 is 11.5 Å². The molecule has 1 saturated heterocycles. The Morgan fingerprint density at radius 1 is 1.15 bits per heavy atom. The van der Waals surface area contributed by atoms with E-state index in [1.807, 2.05) is 29.0 Å². The third-order valence-electron chi connectivity index (χ3n) is 3.48. The van der Waals surface area contributed by atoms with E-state index in [0.717, 1.165) is 49.0 Å². The molecule has 0 unspecified atom stereocenters. The molecule has 20 heavy (non-hydrogen) atoms. The molecular weight excluding hydrogens is 256 g/mol. The molecule has 1 aliphatic rings. The van der Waals surface area contributed by atoms with Crippen molar-refractivity contribution in [1.82, 2.24) is 24.8 Å². The van der Waals surface area contributed by atoms with Crippen LogP contribution >= 0.6 is 0 Å². The maximum Gasteiger partial charge on any atom is 0.154 e. The molecule has 1 aliphatic heterocycles. The van der Waals surface area contributed by atoms with E-state index in [4.69, 9.17) is 9.84 Å². The summed E-state index contributed by atoms with van der Waals surface area (Å²) in [7, 11) is 0. The molecule has 4 heterocycles. The molecule has 0 saturated carbocycles. The van der Waals surface area contributed by atoms with Crippen LogP contribution in [-0.2, 0) is 4.74 Å². The van der Waals surface area contributed by atoms with Gasteiger partial charge >= 0.3 is 0 Å². The number of ether oxygens (including phenoxy) is 1. The fourth-order valence-electron chi connectivity index (χ4n) is 2.41. The normalized spacial score (nSPS) is 15.9. The number of nitrogens with one attached hydrogen (secondary N) is 1. The molecule has 7 nitrogen and oxygen atoms in total. The Labute approximate surface area is 115 Å². The minimum Gasteiger partial charge on any atom is -0.378 e. The van der Waals surface area contributed by atoms with Crippen molar-refractivity contribution in [1.29, 1.82) is 0 Å². The number of morpholine rings is 1. The summed E-state index contributed by atoms with van der Waals surface area (Å²) in [5.74, 6) is 0.948. The summed E-state index contributed by atoms with van der Waals surface area (Å²) in [5.41, 5.74) is 2.74. The van der Waals surface area contributed by atoms with Crippen molar-refractivity contribution in [2.24, 2.45) is 0 Å². The van der Waals surface area contributed by atoms with E-state index in [9.17, 15) is 0 Å². The molecule has 102 valence electrons. The van der Waals surface area contributed by atoms with Gasteiger partial charge in [0.2, 0.25) is 0 Å². The zero-order valence-electron chi connectivity index (χ0n) is 10.9. The highest BCUT2D eigenvalue weighted by atomic mass is 16.5. The lowest BCUT2D eigenvalue weighted by molar-refractivity contribution is 0.122. The number of nitrogens with zero attached hydrogens (tertiary/aromatic N) is 5. The fourth-order valence-corrected chi connectivity index (χ4v) is 2.41. The zero-order valence-corrected chi connectivity index (χ0v) is 10.9. The molecule has 0 radical (unpaired) electrons. The van der Waals surface area contributed by atoms with Crippen molar-refractivity contribution in [3.05, 3.63) is 30.7 Å². The lowest BCUT2D eigenvalue weighted by atomic mass is 10.3. The zero-order chi connectivity index (χ0) is 13.4. The molecule has 0 aliphatic carbocycles. The molecule has 7 heteroatoms. The predicted molar refractivity (Wildman–Crippen MR) is 73.6 cm³/mol. The van der Waals surface area contributed by atoms with Crippen molar-refractivity contribution in [2.75, 3.05) is 31.2 Å². The first-order chi connectivity index (χ1) is 9.92. The number of aromatic amines is 1. The van der Waals surface area contributed by atoms with Gasteiger partial charge in [-0.25, -0.2) is 9.50 Å². The minimum absolute atomic E-state index is 0.748. The van der Waals surface area contributed by atoms with Crippen LogP contribution in [0.3, 0.4) is 0 Å². The smallest absolute Gasteiger partial charge is 0.154 e. The van der Waals surface area contributed by atoms with Crippen LogP contribution in [0.4, 0.5) is 5.82 Å². The van der Waals surface area contributed by atoms with Gasteiger partial charge in [-0.1, -0.05) is 0 Å². The average molecular weight is 270 g/mol. The molecule has 0 amide bonds. The van der Waals surface area contributed by atoms with Crippen LogP contribution in [0.2, 0.25) is 0 Å². The van der Waals surface area contributed by atoms with Gasteiger partial charge < -0.3 is 9.64 Å². The van der Waals surface area contributed by atoms with E-state index in [2.05, 4.69) is 20.1 Å². The summed E-state index contributed by atoms with van der Waals surface area (Å²) >= 11 is 0. The Balaban J connectivity index is 1.79. The molecule has 1 fully saturated rings. The lowest BCUT2D eigenvalue weighted by Crippen LogP contribution is -2.37. The highest BCUT2D eigenvalue weighted by molar-refractivity contribution is 5.62. The first-order valence-electron chi connectivity index (χ1n) is 6.58. The average Bonchev–Trinajstić information content (AvgIpc) is 3.16. The van der Waals surface area contributed by atoms with Crippen LogP contribution in [0.15, 0.2) is 30.7 Å². The topological polar surface area (TPSA) is 71.3 Å². The summed E-state index contributed by atoms with van der Waals surface area (Å²) in [6, 6.07) is 3.99. The SMILES string of the molecule is c1n[nH]cc1-c1cnc2ccc(N3CCOCC3)nn12. The standard InChI is InChI=1S/C13H14N6O/c1-2-13(18-3-5-20-6-4-18)17-19-11(9-14-12(1)19)10-7-15-16-8-10/h1-2,7-9H,3-6H2,(H,15,16). The largest absolute Gasteiger partial charge is 0.378 e. The van der Waals surface area contributed by atoms with Crippen molar-refractivity contribution in [2.45, 2.75) is 0 Å². The monoisotopic (exact) mass is 270 g/mol. The van der Waals surface area contributed by atoms with Gasteiger partial charge in [0.25, 0.3) is 0 Å². The summed E-state index contributed by atoms with van der Waals surface area (Å²) in [4.78, 5) is 6.60. The van der Waals surface area contributed by atoms with Gasteiger partial charge in [-0.05, 0) is 12.1 Å². The number of aromatic nitrogens is 5. The number of hydrogen-bond donors (Lipinski definition) is 1. The van der Waals surface area contributed by atoms with E-state index in [1.54, 1.807) is 6.20 Å². The van der Waals surface area contributed by atoms with Crippen LogP contribution in [0.25, 0.3) is 16.9 Å². The van der Waals surface area contributed by atoms with Crippen molar-refractivity contribution < 1.29 is 4.74 Å². The minimum atomic E-state index is 0.748. The Morgan fingerprint density at radius 3 is 2.85 bits per heavy atom. The van der Waals surface area contributed by atoms with Crippen molar-refractivity contribution in [3.8, 4) is 11.3 Å². The number of H-pyrrole nitrogens is 1. The summed E-state index contributed by atoms with van der Waals surface area (Å²) in [5, 5.41) is 11.5. The Kier molecular flexibility index (Phi) is 2.63. The van der Waals surface area contributed by atoms with Gasteiger partial charge in [0.15, 0.2) is 5.65 Å². The van der Waals surface area contributed by atoms with Crippen LogP contribution in [0, 0.1) is 0 Å². The van der Waals surface area contributed by atoms with E-state index < -0.39 is 0 Å². The molecule has 1 N–H and O–H groups in total. The number of rotatable bonds is 2. The molecule has 4 rings (SSSR count). The van der Waals surface area contributed by atoms with E-state index in [-0.39, 0.29) is 0 Å². The van der Waals surface area contributed by atoms with Crippen LogP contribution in [0.5, 0.6) is 0 Å². The van der Waals surface area contributed by atoms with Crippen LogP contribution < -0.4 is 4.90 Å². The fraction of sp³-hybridized carbons (Fsp3) is 0.308. The predicted octanol–water partition coefficient (Wildman–Crippen LogP) is 0.956. The maximum atomic E-state index is 5.38. The second-order valence-electron chi connectivity index (χ2n) is 4.69. The van der Waals surface area contributed by atoms with Gasteiger partial charge in [0, 0.05) is 24.8 Å². The van der Waals surface area contributed by atoms with E-state index in [1.165, 1.54) is 0 Å². The molecular formula is C13H14N6O. The summed E-state index contributed by atoms with van der Waals surface area (Å²) in [6.45, 7) is 3.24. The number of hydrogen-bond acceptors (Lipinski definition) is 5. The van der Waals surface area contributed by atoms with Crippen LogP contribution in [-0.4, -0.2) is 51.1 Å². The summed E-state index contributed by atoms with van der Waals surface area (Å²) < 4.78 is 7.23. The second kappa shape index (κ2) is 4.61. The first-order valence-corrected chi connectivity index (χ1v) is 6.58. The number of imidazole rings is 1. The van der Waals surface area contributed by atoms with Crippen molar-refractivity contribution in [3.63, 3.8) is 0 Å². The third kappa shape index (κ3) is 1.83. The molecule has 3 aromatic rings. The maximum absolute atomic E-state index is 5.38. The van der Waals surface area contributed by atoms with Gasteiger partial charge in [0.05, 0.1) is 31.3 Å². The molecule has 0 aromatic carbocycles. The van der Waals surface area contributed by atoms with Gasteiger partial charge in [-0.3, -0.25) is 5.10 Å². The second-order valence-corrected chi connectivity index (χ2v) is 4.69. The number of anilines is 1. The molecule has 0 atom stereocenters. The van der Waals surface area contributed by atoms with E-state index >= 15 is 0 Å². The Bertz CT molecular complexity index is 714. The third-order valence-corrected chi connectivity index (χ3v) is 3.48. The number of fused-ring (bicyclic) bond motifs is 1. The van der Waals surface area contributed by atoms with E-state index in [0.29, 0.717) is 0 Å². The van der Waals surface area contributed by atoms with Gasteiger partial charge in [0.1, 0.15) is 5.82 Å².